The Balaban J connectivity index is 0.00000241. The van der Waals surface area contributed by atoms with E-state index in [-0.39, 0.29) is 25.1 Å². The Morgan fingerprint density at radius 3 is 2.82 bits per heavy atom. The number of hydrogen-bond donors (Lipinski definition) is 1. The zero-order valence-corrected chi connectivity index (χ0v) is 18.8. The van der Waals surface area contributed by atoms with Crippen LogP contribution in [0.3, 0.4) is 0 Å². The number of pyridine rings is 1. The first-order valence-corrected chi connectivity index (χ1v) is 12.0. The summed E-state index contributed by atoms with van der Waals surface area (Å²) in [6.45, 7) is 2.84. The van der Waals surface area contributed by atoms with E-state index < -0.39 is 0 Å². The van der Waals surface area contributed by atoms with Gasteiger partial charge in [0, 0.05) is 49.4 Å². The molecule has 0 aliphatic carbocycles. The van der Waals surface area contributed by atoms with Crippen LogP contribution in [0.4, 0.5) is 5.82 Å². The van der Waals surface area contributed by atoms with E-state index in [1.165, 1.54) is 16.8 Å². The summed E-state index contributed by atoms with van der Waals surface area (Å²) in [6.07, 6.45) is 5.67. The molecule has 6 rings (SSSR count). The Morgan fingerprint density at radius 2 is 1.97 bits per heavy atom. The lowest BCUT2D eigenvalue weighted by molar-refractivity contribution is 0.0729. The zero-order chi connectivity index (χ0) is 22.4. The van der Waals surface area contributed by atoms with Crippen molar-refractivity contribution in [3.63, 3.8) is 0 Å². The molecule has 2 aliphatic heterocycles. The molecule has 34 heavy (non-hydrogen) atoms. The van der Waals surface area contributed by atoms with E-state index in [1.54, 1.807) is 23.6 Å². The lowest BCUT2D eigenvalue weighted by Gasteiger charge is -2.33. The highest BCUT2D eigenvalue weighted by Gasteiger charge is 2.27. The van der Waals surface area contributed by atoms with Gasteiger partial charge < -0.3 is 9.80 Å². The number of carbonyl (C=O) groups is 1. The highest BCUT2D eigenvalue weighted by molar-refractivity contribution is 7.10. The van der Waals surface area contributed by atoms with E-state index in [0.717, 1.165) is 43.7 Å². The van der Waals surface area contributed by atoms with Gasteiger partial charge >= 0.3 is 5.69 Å². The van der Waals surface area contributed by atoms with Crippen LogP contribution in [-0.4, -0.2) is 54.9 Å². The lowest BCUT2D eigenvalue weighted by atomic mass is 10.0. The summed E-state index contributed by atoms with van der Waals surface area (Å²) in [5.74, 6) is 0.705. The van der Waals surface area contributed by atoms with E-state index in [9.17, 15) is 9.59 Å². The average Bonchev–Trinajstić information content (AvgIpc) is 3.46. The maximum Gasteiger partial charge on any atom is 0.327 e. The van der Waals surface area contributed by atoms with Gasteiger partial charge in [-0.15, -0.1) is 11.3 Å². The zero-order valence-electron chi connectivity index (χ0n) is 18.0. The quantitative estimate of drug-likeness (QED) is 0.486. The fourth-order valence-electron chi connectivity index (χ4n) is 4.89. The van der Waals surface area contributed by atoms with Gasteiger partial charge in [0.25, 0.3) is 5.91 Å². The Kier molecular flexibility index (Phi) is 5.91. The number of hydrogen-bond acceptors (Lipinski definition) is 7. The van der Waals surface area contributed by atoms with E-state index in [0.29, 0.717) is 24.4 Å². The number of amides is 1. The topological polar surface area (TPSA) is 100 Å². The number of carbonyl (C=O) groups excluding carboxylic acids is 1. The summed E-state index contributed by atoms with van der Waals surface area (Å²) in [7, 11) is 0. The van der Waals surface area contributed by atoms with Crippen LogP contribution in [0.25, 0.3) is 11.2 Å². The van der Waals surface area contributed by atoms with E-state index in [1.807, 2.05) is 21.6 Å². The maximum atomic E-state index is 13.1. The number of fused-ring (bicyclic) bond motifs is 2. The number of aromatic amines is 1. The summed E-state index contributed by atoms with van der Waals surface area (Å²) in [6, 6.07) is 7.77. The summed E-state index contributed by atoms with van der Waals surface area (Å²) < 4.78 is 1.82. The van der Waals surface area contributed by atoms with Crippen molar-refractivity contribution in [2.24, 2.45) is 0 Å². The lowest BCUT2D eigenvalue weighted by Crippen LogP contribution is -2.38. The van der Waals surface area contributed by atoms with Gasteiger partial charge in [0.15, 0.2) is 5.65 Å². The van der Waals surface area contributed by atoms with Crippen LogP contribution in [-0.2, 0) is 13.0 Å². The third-order valence-electron chi connectivity index (χ3n) is 6.61. The minimum Gasteiger partial charge on any atom is -0.356 e. The molecule has 0 aromatic carbocycles. The molecule has 176 valence electrons. The number of nitrogens with zero attached hydrogens (tertiary/aromatic N) is 6. The number of thiophene rings is 1. The standard InChI is InChI=1S/C23H23N7O2S.CH4/c31-22(29-10-5-19-15(13-29)6-11-33-19)17-12-20(26-14-25-17)28-8-3-16(4-9-28)30-18-2-1-7-24-21(18)27-23(30)32;/h1-2,6-7,11-12,14,16H,3-5,8-10,13H2,(H,24,27,32);1H4. The summed E-state index contributed by atoms with van der Waals surface area (Å²) in [5.41, 5.74) is 3.01. The molecular weight excluding hydrogens is 450 g/mol. The number of aromatic nitrogens is 5. The Morgan fingerprint density at radius 1 is 1.12 bits per heavy atom. The highest BCUT2D eigenvalue weighted by atomic mass is 32.1. The van der Waals surface area contributed by atoms with Crippen LogP contribution >= 0.6 is 11.3 Å². The fraction of sp³-hybridized carbons (Fsp3) is 0.375. The minimum atomic E-state index is -0.118. The number of piperidine rings is 1. The molecule has 10 heteroatoms. The van der Waals surface area contributed by atoms with E-state index in [4.69, 9.17) is 0 Å². The SMILES string of the molecule is C.O=C(c1cc(N2CCC(n3c(=O)[nH]c4ncccc43)CC2)ncn1)N1CCc2sccc2C1. The molecule has 4 aromatic heterocycles. The minimum absolute atomic E-state index is 0. The summed E-state index contributed by atoms with van der Waals surface area (Å²) in [4.78, 5) is 46.8. The summed E-state index contributed by atoms with van der Waals surface area (Å²) >= 11 is 1.76. The Labute approximate surface area is 201 Å². The molecule has 0 bridgehead atoms. The summed E-state index contributed by atoms with van der Waals surface area (Å²) in [5, 5.41) is 2.09. The predicted molar refractivity (Wildman–Crippen MR) is 132 cm³/mol. The second-order valence-corrected chi connectivity index (χ2v) is 9.50. The van der Waals surface area contributed by atoms with Crippen LogP contribution in [0.15, 0.2) is 47.0 Å². The molecule has 0 spiro atoms. The first-order chi connectivity index (χ1) is 16.2. The van der Waals surface area contributed by atoms with Crippen LogP contribution < -0.4 is 10.6 Å². The monoisotopic (exact) mass is 477 g/mol. The van der Waals surface area contributed by atoms with Gasteiger partial charge in [0.2, 0.25) is 0 Å². The number of anilines is 1. The highest BCUT2D eigenvalue weighted by Crippen LogP contribution is 2.28. The fourth-order valence-corrected chi connectivity index (χ4v) is 5.78. The first-order valence-electron chi connectivity index (χ1n) is 11.1. The molecule has 0 unspecified atom stereocenters. The van der Waals surface area contributed by atoms with Crippen molar-refractivity contribution >= 4 is 34.2 Å². The predicted octanol–water partition coefficient (Wildman–Crippen LogP) is 3.25. The van der Waals surface area contributed by atoms with Gasteiger partial charge in [-0.05, 0) is 48.4 Å². The molecule has 0 atom stereocenters. The second kappa shape index (κ2) is 9.02. The van der Waals surface area contributed by atoms with Crippen molar-refractivity contribution in [2.75, 3.05) is 24.5 Å². The molecule has 6 heterocycles. The molecule has 4 aromatic rings. The van der Waals surface area contributed by atoms with Crippen molar-refractivity contribution in [1.82, 2.24) is 29.4 Å². The molecule has 9 nitrogen and oxygen atoms in total. The van der Waals surface area contributed by atoms with Crippen LogP contribution in [0.2, 0.25) is 0 Å². The molecule has 1 saturated heterocycles. The van der Waals surface area contributed by atoms with Crippen molar-refractivity contribution < 1.29 is 4.79 Å². The van der Waals surface area contributed by atoms with Crippen LogP contribution in [0.1, 0.15) is 47.2 Å². The van der Waals surface area contributed by atoms with Crippen molar-refractivity contribution in [3.8, 4) is 0 Å². The molecule has 1 fully saturated rings. The van der Waals surface area contributed by atoms with Crippen LogP contribution in [0.5, 0.6) is 0 Å². The van der Waals surface area contributed by atoms with Crippen molar-refractivity contribution in [2.45, 2.75) is 39.3 Å². The number of H-pyrrole nitrogens is 1. The average molecular weight is 478 g/mol. The van der Waals surface area contributed by atoms with Crippen molar-refractivity contribution in [1.29, 1.82) is 0 Å². The number of nitrogens with one attached hydrogen (secondary N) is 1. The molecule has 2 aliphatic rings. The second-order valence-electron chi connectivity index (χ2n) is 8.50. The molecule has 0 saturated carbocycles. The first kappa shape index (κ1) is 22.3. The van der Waals surface area contributed by atoms with Gasteiger partial charge in [0.05, 0.1) is 5.52 Å². The third-order valence-corrected chi connectivity index (χ3v) is 7.63. The number of imidazole rings is 1. The van der Waals surface area contributed by atoms with Gasteiger partial charge in [-0.3, -0.25) is 14.3 Å². The third kappa shape index (κ3) is 3.87. The molecule has 0 radical (unpaired) electrons. The largest absolute Gasteiger partial charge is 0.356 e. The van der Waals surface area contributed by atoms with Gasteiger partial charge in [-0.1, -0.05) is 7.43 Å². The van der Waals surface area contributed by atoms with Gasteiger partial charge in [-0.2, -0.15) is 0 Å². The van der Waals surface area contributed by atoms with E-state index in [2.05, 4.69) is 36.3 Å². The molecular formula is C24H27N7O2S. The van der Waals surface area contributed by atoms with Crippen LogP contribution in [0, 0.1) is 0 Å². The van der Waals surface area contributed by atoms with Crippen molar-refractivity contribution in [3.05, 3.63) is 68.8 Å². The van der Waals surface area contributed by atoms with Gasteiger partial charge in [0.1, 0.15) is 17.8 Å². The maximum absolute atomic E-state index is 13.1. The molecule has 1 N–H and O–H groups in total. The Hall–Kier alpha value is -3.53. The Bertz CT molecular complexity index is 1380. The molecule has 1 amide bonds. The normalized spacial score (nSPS) is 16.4. The van der Waals surface area contributed by atoms with E-state index >= 15 is 0 Å². The number of rotatable bonds is 3. The smallest absolute Gasteiger partial charge is 0.327 e. The van der Waals surface area contributed by atoms with Gasteiger partial charge in [-0.25, -0.2) is 19.7 Å².